The van der Waals surface area contributed by atoms with Gasteiger partial charge in [0.25, 0.3) is 0 Å². The normalized spacial score (nSPS) is 17.1. The van der Waals surface area contributed by atoms with Crippen LogP contribution in [0.25, 0.3) is 0 Å². The van der Waals surface area contributed by atoms with Gasteiger partial charge in [0.1, 0.15) is 0 Å². The molecule has 0 saturated heterocycles. The van der Waals surface area contributed by atoms with Crippen LogP contribution in [-0.4, -0.2) is 19.1 Å². The Kier molecular flexibility index (Phi) is 3.51. The van der Waals surface area contributed by atoms with Gasteiger partial charge in [-0.1, -0.05) is 39.9 Å². The summed E-state index contributed by atoms with van der Waals surface area (Å²) >= 11 is 0. The van der Waals surface area contributed by atoms with E-state index in [1.165, 1.54) is 0 Å². The van der Waals surface area contributed by atoms with Gasteiger partial charge in [-0.05, 0) is 6.42 Å². The molecule has 0 amide bonds. The van der Waals surface area contributed by atoms with Crippen molar-refractivity contribution in [1.29, 1.82) is 0 Å². The molecule has 2 nitrogen and oxygen atoms in total. The van der Waals surface area contributed by atoms with Crippen molar-refractivity contribution in [1.82, 2.24) is 0 Å². The standard InChI is InChI=1S/C9H20O2Si/c1-6-7-9(2,8(10)11)12(3,4)5/h6-7H2,1-5H3,(H,10,11). The first-order chi connectivity index (χ1) is 5.25. The fraction of sp³-hybridized carbons (Fsp3) is 0.889. The molecule has 0 aliphatic rings. The van der Waals surface area contributed by atoms with E-state index in [-0.39, 0.29) is 0 Å². The van der Waals surface area contributed by atoms with Crippen LogP contribution in [0.4, 0.5) is 0 Å². The van der Waals surface area contributed by atoms with Gasteiger partial charge in [-0.3, -0.25) is 4.79 Å². The molecule has 0 heterocycles. The molecule has 72 valence electrons. The minimum Gasteiger partial charge on any atom is -0.481 e. The van der Waals surface area contributed by atoms with Gasteiger partial charge in [0.05, 0.1) is 13.1 Å². The molecule has 0 aliphatic carbocycles. The van der Waals surface area contributed by atoms with Crippen LogP contribution in [0.3, 0.4) is 0 Å². The summed E-state index contributed by atoms with van der Waals surface area (Å²) in [7, 11) is -1.59. The third kappa shape index (κ3) is 2.09. The molecule has 0 fully saturated rings. The van der Waals surface area contributed by atoms with E-state index in [9.17, 15) is 4.79 Å². The second-order valence-electron chi connectivity index (χ2n) is 4.64. The highest BCUT2D eigenvalue weighted by molar-refractivity contribution is 6.82. The number of carbonyl (C=O) groups is 1. The zero-order valence-corrected chi connectivity index (χ0v) is 9.77. The van der Waals surface area contributed by atoms with Gasteiger partial charge in [-0.15, -0.1) is 0 Å². The summed E-state index contributed by atoms with van der Waals surface area (Å²) in [4.78, 5) is 11.1. The average molecular weight is 188 g/mol. The maximum atomic E-state index is 11.1. The summed E-state index contributed by atoms with van der Waals surface area (Å²) in [6.45, 7) is 10.3. The second-order valence-corrected chi connectivity index (χ2v) is 10.2. The van der Waals surface area contributed by atoms with Crippen molar-refractivity contribution >= 4 is 14.0 Å². The largest absolute Gasteiger partial charge is 0.481 e. The summed E-state index contributed by atoms with van der Waals surface area (Å²) in [5.74, 6) is -0.622. The predicted octanol–water partition coefficient (Wildman–Crippen LogP) is 2.97. The molecule has 0 aliphatic heterocycles. The molecule has 0 radical (unpaired) electrons. The molecule has 1 N–H and O–H groups in total. The van der Waals surface area contributed by atoms with Crippen molar-refractivity contribution in [2.45, 2.75) is 51.4 Å². The fourth-order valence-corrected chi connectivity index (χ4v) is 2.94. The second kappa shape index (κ2) is 3.60. The Morgan fingerprint density at radius 3 is 1.92 bits per heavy atom. The van der Waals surface area contributed by atoms with Crippen LogP contribution < -0.4 is 0 Å². The van der Waals surface area contributed by atoms with Crippen molar-refractivity contribution < 1.29 is 9.90 Å². The number of hydrogen-bond donors (Lipinski definition) is 1. The molecule has 3 heteroatoms. The Labute approximate surface area is 76.0 Å². The predicted molar refractivity (Wildman–Crippen MR) is 54.3 cm³/mol. The number of carboxylic acids is 1. The quantitative estimate of drug-likeness (QED) is 0.689. The smallest absolute Gasteiger partial charge is 0.306 e. The highest BCUT2D eigenvalue weighted by Crippen LogP contribution is 2.42. The van der Waals surface area contributed by atoms with Gasteiger partial charge in [0.2, 0.25) is 0 Å². The number of hydrogen-bond acceptors (Lipinski definition) is 1. The molecule has 1 unspecified atom stereocenters. The van der Waals surface area contributed by atoms with Crippen LogP contribution in [0.1, 0.15) is 26.7 Å². The molecule has 12 heavy (non-hydrogen) atoms. The molecule has 0 bridgehead atoms. The Morgan fingerprint density at radius 2 is 1.83 bits per heavy atom. The van der Waals surface area contributed by atoms with E-state index >= 15 is 0 Å². The fourth-order valence-electron chi connectivity index (χ4n) is 1.30. The van der Waals surface area contributed by atoms with Crippen LogP contribution >= 0.6 is 0 Å². The van der Waals surface area contributed by atoms with Gasteiger partial charge >= 0.3 is 5.97 Å². The monoisotopic (exact) mass is 188 g/mol. The zero-order valence-electron chi connectivity index (χ0n) is 8.77. The van der Waals surface area contributed by atoms with E-state index in [4.69, 9.17) is 5.11 Å². The van der Waals surface area contributed by atoms with Crippen molar-refractivity contribution in [2.24, 2.45) is 0 Å². The van der Waals surface area contributed by atoms with E-state index in [2.05, 4.69) is 19.6 Å². The summed E-state index contributed by atoms with van der Waals surface area (Å²) in [5, 5.41) is 8.68. The van der Waals surface area contributed by atoms with Gasteiger partial charge in [-0.2, -0.15) is 0 Å². The molecule has 0 rings (SSSR count). The summed E-state index contributed by atoms with van der Waals surface area (Å²) in [6.07, 6.45) is 1.76. The number of carboxylic acid groups (broad SMARTS) is 1. The molecule has 0 spiro atoms. The lowest BCUT2D eigenvalue weighted by molar-refractivity contribution is -0.140. The number of rotatable bonds is 4. The molecule has 0 saturated carbocycles. The first-order valence-corrected chi connectivity index (χ1v) is 7.99. The van der Waals surface area contributed by atoms with Crippen LogP contribution in [0.2, 0.25) is 24.7 Å². The number of aliphatic carboxylic acids is 1. The van der Waals surface area contributed by atoms with E-state index < -0.39 is 19.1 Å². The Bertz CT molecular complexity index is 172. The minimum atomic E-state index is -1.59. The molecule has 0 aromatic heterocycles. The minimum absolute atomic E-state index is 0.457. The van der Waals surface area contributed by atoms with Crippen LogP contribution in [0.15, 0.2) is 0 Å². The molecular formula is C9H20O2Si. The lowest BCUT2D eigenvalue weighted by Gasteiger charge is -2.36. The molecule has 0 aromatic carbocycles. The van der Waals surface area contributed by atoms with Crippen molar-refractivity contribution in [3.05, 3.63) is 0 Å². The van der Waals surface area contributed by atoms with Crippen molar-refractivity contribution in [3.63, 3.8) is 0 Å². The van der Waals surface area contributed by atoms with E-state index in [0.29, 0.717) is 0 Å². The third-order valence-corrected chi connectivity index (χ3v) is 6.65. The highest BCUT2D eigenvalue weighted by atomic mass is 28.3. The van der Waals surface area contributed by atoms with Crippen molar-refractivity contribution in [3.8, 4) is 0 Å². The lowest BCUT2D eigenvalue weighted by atomic mass is 10.1. The summed E-state index contributed by atoms with van der Waals surface area (Å²) in [6, 6.07) is 0. The van der Waals surface area contributed by atoms with Crippen molar-refractivity contribution in [2.75, 3.05) is 0 Å². The zero-order chi connectivity index (χ0) is 9.99. The third-order valence-electron chi connectivity index (χ3n) is 2.88. The Hall–Kier alpha value is -0.313. The average Bonchev–Trinajstić information content (AvgIpc) is 1.85. The first kappa shape index (κ1) is 11.7. The Morgan fingerprint density at radius 1 is 1.42 bits per heavy atom. The summed E-state index contributed by atoms with van der Waals surface area (Å²) < 4.78 is 0. The molecule has 0 aromatic rings. The molecular weight excluding hydrogens is 168 g/mol. The maximum absolute atomic E-state index is 11.1. The van der Waals surface area contributed by atoms with Crippen LogP contribution in [0, 0.1) is 0 Å². The summed E-state index contributed by atoms with van der Waals surface area (Å²) in [5.41, 5.74) is 0. The van der Waals surface area contributed by atoms with Gasteiger partial charge < -0.3 is 5.11 Å². The van der Waals surface area contributed by atoms with Gasteiger partial charge in [-0.25, -0.2) is 0 Å². The Balaban J connectivity index is 4.75. The van der Waals surface area contributed by atoms with E-state index in [0.717, 1.165) is 12.8 Å². The van der Waals surface area contributed by atoms with Gasteiger partial charge in [0.15, 0.2) is 0 Å². The van der Waals surface area contributed by atoms with Gasteiger partial charge in [0, 0.05) is 0 Å². The molecule has 1 atom stereocenters. The SMILES string of the molecule is CCCC(C)(C(=O)O)[Si](C)(C)C. The maximum Gasteiger partial charge on any atom is 0.306 e. The van der Waals surface area contributed by atoms with E-state index in [1.807, 2.05) is 13.8 Å². The lowest BCUT2D eigenvalue weighted by Crippen LogP contribution is -2.43. The topological polar surface area (TPSA) is 37.3 Å². The van der Waals surface area contributed by atoms with E-state index in [1.54, 1.807) is 0 Å². The van der Waals surface area contributed by atoms with Crippen LogP contribution in [0.5, 0.6) is 0 Å². The highest BCUT2D eigenvalue weighted by Gasteiger charge is 2.44. The van der Waals surface area contributed by atoms with Crippen LogP contribution in [-0.2, 0) is 4.79 Å². The first-order valence-electron chi connectivity index (χ1n) is 4.49.